The van der Waals surface area contributed by atoms with Crippen molar-refractivity contribution in [3.63, 3.8) is 0 Å². The number of piperidine rings is 3. The second-order valence-electron chi connectivity index (χ2n) is 10.4. The van der Waals surface area contributed by atoms with E-state index in [0.717, 1.165) is 36.5 Å². The van der Waals surface area contributed by atoms with Gasteiger partial charge in [0.1, 0.15) is 5.75 Å². The van der Waals surface area contributed by atoms with Crippen molar-refractivity contribution in [2.45, 2.75) is 43.8 Å². The lowest BCUT2D eigenvalue weighted by atomic mass is 9.64. The van der Waals surface area contributed by atoms with E-state index >= 15 is 0 Å². The molecule has 0 aliphatic carbocycles. The number of nitrogens with one attached hydrogen (secondary N) is 1. The van der Waals surface area contributed by atoms with Gasteiger partial charge in [-0.25, -0.2) is 0 Å². The quantitative estimate of drug-likeness (QED) is 0.553. The molecule has 5 nitrogen and oxygen atoms in total. The maximum Gasteiger partial charge on any atom is 0.227 e. The predicted octanol–water partition coefficient (Wildman–Crippen LogP) is 4.73. The first-order chi connectivity index (χ1) is 17.6. The lowest BCUT2D eigenvalue weighted by Crippen LogP contribution is -2.69. The molecule has 3 aromatic rings. The van der Waals surface area contributed by atoms with E-state index in [1.165, 1.54) is 29.5 Å². The van der Waals surface area contributed by atoms with Gasteiger partial charge in [0.05, 0.1) is 12.6 Å². The standard InChI is InChI=1S/C31H35N3O2/c1-33-27-19-24(28(36-2)20-23(27)13-14-29(33)35)21-32-30-22-15-17-34(18-16-22)31(30,25-9-5-3-6-10-25)26-11-7-4-8-12-26/h3-12,19-20,22,30,32H,13-18,21H2,1-2H3. The van der Waals surface area contributed by atoms with Crippen molar-refractivity contribution in [2.75, 3.05) is 32.1 Å². The second-order valence-corrected chi connectivity index (χ2v) is 10.4. The summed E-state index contributed by atoms with van der Waals surface area (Å²) in [6.07, 6.45) is 3.74. The SMILES string of the molecule is COc1cc2c(cc1CNC1C3CCN(CC3)C1(c1ccccc1)c1ccccc1)N(C)C(=O)CC2. The third kappa shape index (κ3) is 3.64. The Kier molecular flexibility index (Phi) is 6.06. The number of nitrogens with zero attached hydrogens (tertiary/aromatic N) is 2. The minimum Gasteiger partial charge on any atom is -0.496 e. The van der Waals surface area contributed by atoms with Crippen LogP contribution in [0.4, 0.5) is 5.69 Å². The molecule has 1 amide bonds. The Morgan fingerprint density at radius 3 is 2.19 bits per heavy atom. The zero-order valence-corrected chi connectivity index (χ0v) is 21.2. The summed E-state index contributed by atoms with van der Waals surface area (Å²) in [5.74, 6) is 1.66. The van der Waals surface area contributed by atoms with Gasteiger partial charge in [-0.1, -0.05) is 60.7 Å². The lowest BCUT2D eigenvalue weighted by Gasteiger charge is -2.60. The van der Waals surface area contributed by atoms with Crippen molar-refractivity contribution < 1.29 is 9.53 Å². The highest BCUT2D eigenvalue weighted by Gasteiger charge is 2.55. The summed E-state index contributed by atoms with van der Waals surface area (Å²) < 4.78 is 5.84. The Bertz CT molecular complexity index is 1200. The van der Waals surface area contributed by atoms with E-state index in [2.05, 4.69) is 83.0 Å². The maximum atomic E-state index is 12.4. The van der Waals surface area contributed by atoms with Gasteiger partial charge in [-0.2, -0.15) is 0 Å². The van der Waals surface area contributed by atoms with Crippen LogP contribution in [-0.4, -0.2) is 44.1 Å². The number of benzene rings is 3. The van der Waals surface area contributed by atoms with Crippen LogP contribution >= 0.6 is 0 Å². The normalized spacial score (nSPS) is 24.4. The molecule has 1 unspecified atom stereocenters. The summed E-state index contributed by atoms with van der Waals surface area (Å²) in [6, 6.07) is 26.6. The van der Waals surface area contributed by atoms with E-state index in [-0.39, 0.29) is 17.5 Å². The van der Waals surface area contributed by atoms with Crippen LogP contribution in [0.15, 0.2) is 72.8 Å². The van der Waals surface area contributed by atoms with Gasteiger partial charge in [0.15, 0.2) is 0 Å². The topological polar surface area (TPSA) is 44.8 Å². The first-order valence-corrected chi connectivity index (χ1v) is 13.2. The number of fused-ring (bicyclic) bond motifs is 4. The molecule has 0 spiro atoms. The highest BCUT2D eigenvalue weighted by Crippen LogP contribution is 2.50. The largest absolute Gasteiger partial charge is 0.496 e. The highest BCUT2D eigenvalue weighted by molar-refractivity contribution is 5.96. The number of carbonyl (C=O) groups is 1. The predicted molar refractivity (Wildman–Crippen MR) is 143 cm³/mol. The van der Waals surface area contributed by atoms with Crippen LogP contribution < -0.4 is 15.0 Å². The number of carbonyl (C=O) groups excluding carboxylic acids is 1. The minimum atomic E-state index is -0.224. The van der Waals surface area contributed by atoms with Crippen molar-refractivity contribution in [1.29, 1.82) is 0 Å². The molecule has 4 heterocycles. The summed E-state index contributed by atoms with van der Waals surface area (Å²) in [4.78, 5) is 16.9. The molecule has 3 aromatic carbocycles. The Morgan fingerprint density at radius 2 is 1.58 bits per heavy atom. The zero-order valence-electron chi connectivity index (χ0n) is 21.2. The fourth-order valence-corrected chi connectivity index (χ4v) is 6.97. The van der Waals surface area contributed by atoms with Gasteiger partial charge in [-0.3, -0.25) is 9.69 Å². The average molecular weight is 482 g/mol. The molecule has 5 heteroatoms. The summed E-state index contributed by atoms with van der Waals surface area (Å²) in [6.45, 7) is 2.92. The van der Waals surface area contributed by atoms with Gasteiger partial charge in [0.25, 0.3) is 0 Å². The fraction of sp³-hybridized carbons (Fsp3) is 0.387. The second kappa shape index (κ2) is 9.38. The molecule has 2 bridgehead atoms. The molecule has 1 N–H and O–H groups in total. The van der Waals surface area contributed by atoms with E-state index in [4.69, 9.17) is 4.74 Å². The summed E-state index contributed by atoms with van der Waals surface area (Å²) in [7, 11) is 3.63. The molecule has 4 aliphatic heterocycles. The van der Waals surface area contributed by atoms with E-state index in [1.54, 1.807) is 12.0 Å². The van der Waals surface area contributed by atoms with Crippen LogP contribution in [0.1, 0.15) is 41.5 Å². The van der Waals surface area contributed by atoms with E-state index < -0.39 is 0 Å². The summed E-state index contributed by atoms with van der Waals surface area (Å²) in [5, 5.41) is 4.04. The van der Waals surface area contributed by atoms with Crippen molar-refractivity contribution >= 4 is 11.6 Å². The fourth-order valence-electron chi connectivity index (χ4n) is 6.97. The first kappa shape index (κ1) is 23.3. The first-order valence-electron chi connectivity index (χ1n) is 13.2. The van der Waals surface area contributed by atoms with E-state index in [1.807, 2.05) is 7.05 Å². The third-order valence-electron chi connectivity index (χ3n) is 8.73. The Morgan fingerprint density at radius 1 is 0.944 bits per heavy atom. The molecule has 1 atom stereocenters. The molecule has 36 heavy (non-hydrogen) atoms. The number of aryl methyl sites for hydroxylation is 1. The number of hydrogen-bond donors (Lipinski definition) is 1. The number of ether oxygens (including phenoxy) is 1. The van der Waals surface area contributed by atoms with E-state index in [0.29, 0.717) is 18.9 Å². The zero-order chi connectivity index (χ0) is 24.7. The summed E-state index contributed by atoms with van der Waals surface area (Å²) >= 11 is 0. The molecule has 186 valence electrons. The Hall–Kier alpha value is -3.15. The third-order valence-corrected chi connectivity index (χ3v) is 8.73. The monoisotopic (exact) mass is 481 g/mol. The van der Waals surface area contributed by atoms with Gasteiger partial charge in [0.2, 0.25) is 5.91 Å². The van der Waals surface area contributed by atoms with Crippen LogP contribution in [0, 0.1) is 5.92 Å². The molecular formula is C31H35N3O2. The summed E-state index contributed by atoms with van der Waals surface area (Å²) in [5.41, 5.74) is 5.77. The maximum absolute atomic E-state index is 12.4. The molecule has 0 radical (unpaired) electrons. The number of anilines is 1. The van der Waals surface area contributed by atoms with Gasteiger partial charge in [-0.15, -0.1) is 0 Å². The Labute approximate surface area is 214 Å². The van der Waals surface area contributed by atoms with Crippen LogP contribution in [0.5, 0.6) is 5.75 Å². The van der Waals surface area contributed by atoms with Crippen molar-refractivity contribution in [3.8, 4) is 5.75 Å². The number of rotatable bonds is 6. The van der Waals surface area contributed by atoms with Gasteiger partial charge in [-0.05, 0) is 67.1 Å². The number of methoxy groups -OCH3 is 1. The highest BCUT2D eigenvalue weighted by atomic mass is 16.5. The molecule has 4 aliphatic rings. The Balaban J connectivity index is 1.41. The van der Waals surface area contributed by atoms with Gasteiger partial charge < -0.3 is 15.0 Å². The molecule has 0 saturated carbocycles. The molecule has 0 aromatic heterocycles. The average Bonchev–Trinajstić information content (AvgIpc) is 2.95. The van der Waals surface area contributed by atoms with E-state index in [9.17, 15) is 4.79 Å². The van der Waals surface area contributed by atoms with Gasteiger partial charge >= 0.3 is 0 Å². The minimum absolute atomic E-state index is 0.177. The molecule has 7 rings (SSSR count). The van der Waals surface area contributed by atoms with Crippen LogP contribution in [0.3, 0.4) is 0 Å². The van der Waals surface area contributed by atoms with Crippen molar-refractivity contribution in [1.82, 2.24) is 10.2 Å². The van der Waals surface area contributed by atoms with Crippen molar-refractivity contribution in [3.05, 3.63) is 95.1 Å². The molecule has 3 fully saturated rings. The number of amides is 1. The molecule has 3 saturated heterocycles. The molecular weight excluding hydrogens is 446 g/mol. The van der Waals surface area contributed by atoms with Crippen LogP contribution in [-0.2, 0) is 23.3 Å². The number of hydrogen-bond acceptors (Lipinski definition) is 4. The van der Waals surface area contributed by atoms with Gasteiger partial charge in [0, 0.05) is 37.3 Å². The van der Waals surface area contributed by atoms with Crippen LogP contribution in [0.25, 0.3) is 0 Å². The smallest absolute Gasteiger partial charge is 0.227 e. The lowest BCUT2D eigenvalue weighted by molar-refractivity contribution is -0.118. The van der Waals surface area contributed by atoms with Crippen LogP contribution in [0.2, 0.25) is 0 Å². The van der Waals surface area contributed by atoms with Crippen molar-refractivity contribution in [2.24, 2.45) is 5.92 Å².